The molecule has 0 rings (SSSR count). The van der Waals surface area contributed by atoms with E-state index in [1.807, 2.05) is 20.8 Å². The molecule has 0 unspecified atom stereocenters. The number of aliphatic hydroxyl groups is 1. The molecule has 0 aliphatic carbocycles. The van der Waals surface area contributed by atoms with Gasteiger partial charge in [-0.15, -0.1) is 0 Å². The van der Waals surface area contributed by atoms with Crippen LogP contribution in [-0.2, 0) is 9.47 Å². The number of rotatable bonds is 2. The first-order valence-electron chi connectivity index (χ1n) is 3.06. The van der Waals surface area contributed by atoms with Gasteiger partial charge < -0.3 is 14.6 Å². The van der Waals surface area contributed by atoms with Crippen molar-refractivity contribution in [2.75, 3.05) is 7.11 Å². The highest BCUT2D eigenvalue weighted by Gasteiger charge is 2.08. The van der Waals surface area contributed by atoms with Gasteiger partial charge >= 0.3 is 5.95 Å². The minimum Gasteiger partial charge on any atom is -0.488 e. The fourth-order valence-corrected chi connectivity index (χ4v) is 0.275. The molecule has 0 fully saturated rings. The van der Waals surface area contributed by atoms with Crippen molar-refractivity contribution in [2.45, 2.75) is 26.4 Å². The van der Waals surface area contributed by atoms with Crippen LogP contribution in [0.4, 0.5) is 0 Å². The summed E-state index contributed by atoms with van der Waals surface area (Å²) in [6.07, 6.45) is 1.18. The highest BCUT2D eigenvalue weighted by Crippen LogP contribution is 2.07. The molecule has 0 amide bonds. The Balaban J connectivity index is 3.73. The van der Waals surface area contributed by atoms with Gasteiger partial charge in [0.15, 0.2) is 6.26 Å². The van der Waals surface area contributed by atoms with Gasteiger partial charge in [-0.1, -0.05) is 0 Å². The zero-order valence-corrected chi connectivity index (χ0v) is 6.84. The van der Waals surface area contributed by atoms with Crippen molar-refractivity contribution < 1.29 is 14.6 Å². The second kappa shape index (κ2) is 3.34. The van der Waals surface area contributed by atoms with E-state index < -0.39 is 0 Å². The Bertz CT molecular complexity index is 121. The maximum absolute atomic E-state index is 8.74. The standard InChI is InChI=1S/C7H14O3/c1-7(2,3)10-5-6(8)9-4/h5,8H,1-4H3/b6-5+. The smallest absolute Gasteiger partial charge is 0.312 e. The second-order valence-electron chi connectivity index (χ2n) is 2.89. The van der Waals surface area contributed by atoms with E-state index in [0.717, 1.165) is 0 Å². The maximum Gasteiger partial charge on any atom is 0.312 e. The van der Waals surface area contributed by atoms with Gasteiger partial charge in [-0.3, -0.25) is 0 Å². The average molecular weight is 146 g/mol. The number of aliphatic hydroxyl groups excluding tert-OH is 1. The summed E-state index contributed by atoms with van der Waals surface area (Å²) in [4.78, 5) is 0. The average Bonchev–Trinajstić information content (AvgIpc) is 1.81. The van der Waals surface area contributed by atoms with Crippen LogP contribution in [0.25, 0.3) is 0 Å². The number of hydrogen-bond donors (Lipinski definition) is 1. The molecule has 1 N–H and O–H groups in total. The van der Waals surface area contributed by atoms with Gasteiger partial charge in [0, 0.05) is 0 Å². The van der Waals surface area contributed by atoms with Crippen LogP contribution in [0.2, 0.25) is 0 Å². The van der Waals surface area contributed by atoms with E-state index in [-0.39, 0.29) is 11.5 Å². The van der Waals surface area contributed by atoms with E-state index in [1.165, 1.54) is 13.4 Å². The lowest BCUT2D eigenvalue weighted by molar-refractivity contribution is 0.0433. The van der Waals surface area contributed by atoms with Crippen molar-refractivity contribution in [3.8, 4) is 0 Å². The molecule has 60 valence electrons. The first-order valence-corrected chi connectivity index (χ1v) is 3.06. The summed E-state index contributed by atoms with van der Waals surface area (Å²) < 4.78 is 9.48. The van der Waals surface area contributed by atoms with E-state index in [4.69, 9.17) is 9.84 Å². The fraction of sp³-hybridized carbons (Fsp3) is 0.714. The first kappa shape index (κ1) is 9.14. The molecule has 0 spiro atoms. The van der Waals surface area contributed by atoms with Crippen LogP contribution in [-0.4, -0.2) is 17.8 Å². The Labute approximate surface area is 61.3 Å². The molecule has 0 aromatic heterocycles. The van der Waals surface area contributed by atoms with Crippen LogP contribution >= 0.6 is 0 Å². The fourth-order valence-electron chi connectivity index (χ4n) is 0.275. The normalized spacial score (nSPS) is 13.0. The lowest BCUT2D eigenvalue weighted by Gasteiger charge is -2.17. The molecular formula is C7H14O3. The third kappa shape index (κ3) is 5.28. The van der Waals surface area contributed by atoms with Crippen LogP contribution < -0.4 is 0 Å². The summed E-state index contributed by atoms with van der Waals surface area (Å²) in [5, 5.41) is 8.74. The molecule has 0 saturated carbocycles. The van der Waals surface area contributed by atoms with E-state index in [0.29, 0.717) is 0 Å². The number of methoxy groups -OCH3 is 1. The number of ether oxygens (including phenoxy) is 2. The molecule has 0 aromatic rings. The summed E-state index contributed by atoms with van der Waals surface area (Å²) >= 11 is 0. The van der Waals surface area contributed by atoms with Crippen LogP contribution in [0.3, 0.4) is 0 Å². The summed E-state index contributed by atoms with van der Waals surface area (Å²) in [6, 6.07) is 0. The topological polar surface area (TPSA) is 38.7 Å². The van der Waals surface area contributed by atoms with Crippen molar-refractivity contribution >= 4 is 0 Å². The van der Waals surface area contributed by atoms with E-state index in [1.54, 1.807) is 0 Å². The second-order valence-corrected chi connectivity index (χ2v) is 2.89. The Kier molecular flexibility index (Phi) is 3.06. The molecule has 0 bridgehead atoms. The van der Waals surface area contributed by atoms with Crippen LogP contribution in [0.15, 0.2) is 12.2 Å². The monoisotopic (exact) mass is 146 g/mol. The quantitative estimate of drug-likeness (QED) is 0.604. The van der Waals surface area contributed by atoms with Crippen LogP contribution in [0.1, 0.15) is 20.8 Å². The molecule has 0 heterocycles. The largest absolute Gasteiger partial charge is 0.488 e. The van der Waals surface area contributed by atoms with Crippen molar-refractivity contribution in [2.24, 2.45) is 0 Å². The predicted molar refractivity (Wildman–Crippen MR) is 38.6 cm³/mol. The maximum atomic E-state index is 8.74. The molecule has 0 aliphatic rings. The molecule has 0 aliphatic heterocycles. The molecule has 3 heteroatoms. The van der Waals surface area contributed by atoms with Gasteiger partial charge in [0.1, 0.15) is 5.60 Å². The lowest BCUT2D eigenvalue weighted by atomic mass is 10.2. The van der Waals surface area contributed by atoms with E-state index in [9.17, 15) is 0 Å². The lowest BCUT2D eigenvalue weighted by Crippen LogP contribution is -2.15. The summed E-state index contributed by atoms with van der Waals surface area (Å²) in [5.74, 6) is -0.213. The Morgan fingerprint density at radius 1 is 1.40 bits per heavy atom. The van der Waals surface area contributed by atoms with Gasteiger partial charge in [-0.2, -0.15) is 0 Å². The van der Waals surface area contributed by atoms with Crippen molar-refractivity contribution in [1.82, 2.24) is 0 Å². The summed E-state index contributed by atoms with van der Waals surface area (Å²) in [6.45, 7) is 5.64. The zero-order chi connectivity index (χ0) is 8.20. The highest BCUT2D eigenvalue weighted by molar-refractivity contribution is 4.74. The SMILES string of the molecule is CO/C(O)=C/OC(C)(C)C. The third-order valence-electron chi connectivity index (χ3n) is 0.722. The summed E-state index contributed by atoms with van der Waals surface area (Å²) in [7, 11) is 1.37. The first-order chi connectivity index (χ1) is 4.45. The van der Waals surface area contributed by atoms with Crippen molar-refractivity contribution in [1.29, 1.82) is 0 Å². The molecule has 0 atom stereocenters. The predicted octanol–water partition coefficient (Wildman–Crippen LogP) is 1.80. The minimum absolute atomic E-state index is 0.213. The number of hydrogen-bond acceptors (Lipinski definition) is 3. The molecular weight excluding hydrogens is 132 g/mol. The molecule has 0 aromatic carbocycles. The highest BCUT2D eigenvalue weighted by atomic mass is 16.6. The molecule has 10 heavy (non-hydrogen) atoms. The van der Waals surface area contributed by atoms with Gasteiger partial charge in [0.2, 0.25) is 0 Å². The van der Waals surface area contributed by atoms with Crippen LogP contribution in [0.5, 0.6) is 0 Å². The zero-order valence-electron chi connectivity index (χ0n) is 6.84. The minimum atomic E-state index is -0.285. The Hall–Kier alpha value is -0.860. The van der Waals surface area contributed by atoms with Crippen LogP contribution in [0, 0.1) is 0 Å². The molecule has 0 saturated heterocycles. The van der Waals surface area contributed by atoms with Crippen molar-refractivity contribution in [3.05, 3.63) is 12.2 Å². The van der Waals surface area contributed by atoms with Gasteiger partial charge in [-0.05, 0) is 20.8 Å². The van der Waals surface area contributed by atoms with Gasteiger partial charge in [-0.25, -0.2) is 0 Å². The van der Waals surface area contributed by atoms with Gasteiger partial charge in [0.25, 0.3) is 0 Å². The third-order valence-corrected chi connectivity index (χ3v) is 0.722. The Morgan fingerprint density at radius 3 is 2.20 bits per heavy atom. The molecule has 3 nitrogen and oxygen atoms in total. The Morgan fingerprint density at radius 2 is 1.90 bits per heavy atom. The van der Waals surface area contributed by atoms with E-state index in [2.05, 4.69) is 4.74 Å². The van der Waals surface area contributed by atoms with Crippen molar-refractivity contribution in [3.63, 3.8) is 0 Å². The van der Waals surface area contributed by atoms with E-state index >= 15 is 0 Å². The van der Waals surface area contributed by atoms with Gasteiger partial charge in [0.05, 0.1) is 7.11 Å². The molecule has 0 radical (unpaired) electrons. The summed E-state index contributed by atoms with van der Waals surface area (Å²) in [5.41, 5.74) is -0.285.